The summed E-state index contributed by atoms with van der Waals surface area (Å²) in [6.45, 7) is 17.3. The van der Waals surface area contributed by atoms with E-state index in [9.17, 15) is 5.11 Å². The summed E-state index contributed by atoms with van der Waals surface area (Å²) in [5.74, 6) is 2.43. The van der Waals surface area contributed by atoms with Crippen molar-refractivity contribution in [3.63, 3.8) is 0 Å². The first kappa shape index (κ1) is 18.7. The predicted molar refractivity (Wildman–Crippen MR) is 93.5 cm³/mol. The first-order chi connectivity index (χ1) is 9.23. The SMILES string of the molecule is CC1(C)OC[C@@H]([C@@](O)(C#C[Si](C)(C)C)/C=C/[Si](C)(C)C)O1. The lowest BCUT2D eigenvalue weighted by Crippen LogP contribution is -2.43. The Hall–Kier alpha value is -0.386. The van der Waals surface area contributed by atoms with Crippen LogP contribution in [-0.4, -0.2) is 45.4 Å². The lowest BCUT2D eigenvalue weighted by atomic mass is 9.98. The van der Waals surface area contributed by atoms with Crippen molar-refractivity contribution in [2.75, 3.05) is 6.61 Å². The van der Waals surface area contributed by atoms with Gasteiger partial charge in [0.1, 0.15) is 14.2 Å². The molecule has 3 nitrogen and oxygen atoms in total. The molecule has 0 aromatic heterocycles. The molecular formula is C16H30O3Si2. The van der Waals surface area contributed by atoms with Crippen LogP contribution >= 0.6 is 0 Å². The largest absolute Gasteiger partial charge is 0.371 e. The third-order valence-electron chi connectivity index (χ3n) is 2.97. The Kier molecular flexibility index (Phi) is 5.34. The molecule has 120 valence electrons. The molecule has 1 heterocycles. The second-order valence-electron chi connectivity index (χ2n) is 8.34. The van der Waals surface area contributed by atoms with Crippen molar-refractivity contribution in [1.82, 2.24) is 0 Å². The monoisotopic (exact) mass is 326 g/mol. The van der Waals surface area contributed by atoms with Crippen LogP contribution in [0, 0.1) is 11.5 Å². The van der Waals surface area contributed by atoms with Crippen LogP contribution in [0.4, 0.5) is 0 Å². The molecular weight excluding hydrogens is 296 g/mol. The predicted octanol–water partition coefficient (Wildman–Crippen LogP) is 3.18. The van der Waals surface area contributed by atoms with Crippen LogP contribution in [0.5, 0.6) is 0 Å². The van der Waals surface area contributed by atoms with Crippen molar-refractivity contribution in [3.05, 3.63) is 11.8 Å². The maximum absolute atomic E-state index is 11.0. The summed E-state index contributed by atoms with van der Waals surface area (Å²) in [6, 6.07) is 0. The van der Waals surface area contributed by atoms with Gasteiger partial charge in [-0.25, -0.2) is 0 Å². The Labute approximate surface area is 131 Å². The molecule has 5 heteroatoms. The van der Waals surface area contributed by atoms with Gasteiger partial charge >= 0.3 is 0 Å². The van der Waals surface area contributed by atoms with Crippen molar-refractivity contribution in [2.24, 2.45) is 0 Å². The van der Waals surface area contributed by atoms with Gasteiger partial charge < -0.3 is 14.6 Å². The molecule has 0 radical (unpaired) electrons. The summed E-state index contributed by atoms with van der Waals surface area (Å²) in [6.07, 6.45) is 1.39. The Morgan fingerprint density at radius 2 is 1.76 bits per heavy atom. The number of hydrogen-bond acceptors (Lipinski definition) is 3. The minimum atomic E-state index is -1.57. The van der Waals surface area contributed by atoms with Gasteiger partial charge in [0.25, 0.3) is 0 Å². The molecule has 21 heavy (non-hydrogen) atoms. The zero-order valence-corrected chi connectivity index (χ0v) is 16.7. The zero-order valence-electron chi connectivity index (χ0n) is 14.7. The molecule has 0 aromatic carbocycles. The maximum atomic E-state index is 11.0. The first-order valence-corrected chi connectivity index (χ1v) is 14.6. The number of rotatable bonds is 3. The Morgan fingerprint density at radius 1 is 1.19 bits per heavy atom. The molecule has 0 aliphatic carbocycles. The molecule has 0 bridgehead atoms. The molecule has 0 amide bonds. The standard InChI is InChI=1S/C16H30O3Si2/c1-15(2)18-13-14(19-15)16(17,9-11-20(3,4)5)10-12-21(6,7)8/h9,11,14,17H,13H2,1-8H3/b11-9+/t14-,16-/m0/s1. The molecule has 1 rings (SSSR count). The summed E-state index contributed by atoms with van der Waals surface area (Å²) >= 11 is 0. The van der Waals surface area contributed by atoms with Crippen LogP contribution in [0.1, 0.15) is 13.8 Å². The molecule has 1 aliphatic rings. The highest BCUT2D eigenvalue weighted by atomic mass is 28.3. The van der Waals surface area contributed by atoms with E-state index in [1.807, 2.05) is 19.9 Å². The molecule has 0 aromatic rings. The molecule has 1 N–H and O–H groups in total. The Balaban J connectivity index is 3.11. The molecule has 1 saturated heterocycles. The Bertz CT molecular complexity index is 461. The summed E-state index contributed by atoms with van der Waals surface area (Å²) in [7, 11) is -2.99. The van der Waals surface area contributed by atoms with E-state index in [0.29, 0.717) is 6.61 Å². The summed E-state index contributed by atoms with van der Waals surface area (Å²) in [5.41, 5.74) is 4.13. The lowest BCUT2D eigenvalue weighted by Gasteiger charge is -2.27. The molecule has 1 fully saturated rings. The summed E-state index contributed by atoms with van der Waals surface area (Å²) < 4.78 is 11.5. The van der Waals surface area contributed by atoms with Crippen molar-refractivity contribution in [3.8, 4) is 11.5 Å². The van der Waals surface area contributed by atoms with Crippen LogP contribution in [0.25, 0.3) is 0 Å². The van der Waals surface area contributed by atoms with E-state index in [-0.39, 0.29) is 0 Å². The van der Waals surface area contributed by atoms with E-state index in [2.05, 4.69) is 56.4 Å². The van der Waals surface area contributed by atoms with E-state index in [0.717, 1.165) is 0 Å². The van der Waals surface area contributed by atoms with Crippen molar-refractivity contribution >= 4 is 16.1 Å². The number of hydrogen-bond donors (Lipinski definition) is 1. The van der Waals surface area contributed by atoms with Gasteiger partial charge in [-0.1, -0.05) is 50.9 Å². The van der Waals surface area contributed by atoms with Gasteiger partial charge in [0, 0.05) is 0 Å². The molecule has 1 aliphatic heterocycles. The van der Waals surface area contributed by atoms with E-state index in [4.69, 9.17) is 9.47 Å². The van der Waals surface area contributed by atoms with Crippen LogP contribution in [-0.2, 0) is 9.47 Å². The average molecular weight is 327 g/mol. The van der Waals surface area contributed by atoms with Gasteiger partial charge in [-0.2, -0.15) is 0 Å². The van der Waals surface area contributed by atoms with Crippen LogP contribution in [0.2, 0.25) is 39.3 Å². The average Bonchev–Trinajstić information content (AvgIpc) is 2.63. The lowest BCUT2D eigenvalue weighted by molar-refractivity contribution is -0.154. The van der Waals surface area contributed by atoms with Gasteiger partial charge in [0.15, 0.2) is 11.4 Å². The normalized spacial score (nSPS) is 25.5. The minimum absolute atomic E-state index is 0.361. The van der Waals surface area contributed by atoms with Gasteiger partial charge in [-0.05, 0) is 19.9 Å². The van der Waals surface area contributed by atoms with Crippen molar-refractivity contribution in [2.45, 2.75) is 70.6 Å². The smallest absolute Gasteiger partial charge is 0.171 e. The maximum Gasteiger partial charge on any atom is 0.171 e. The molecule has 0 unspecified atom stereocenters. The van der Waals surface area contributed by atoms with Crippen molar-refractivity contribution in [1.29, 1.82) is 0 Å². The van der Waals surface area contributed by atoms with E-state index < -0.39 is 33.6 Å². The molecule has 0 saturated carbocycles. The summed E-state index contributed by atoms with van der Waals surface area (Å²) in [5, 5.41) is 11.0. The van der Waals surface area contributed by atoms with E-state index in [1.165, 1.54) is 0 Å². The van der Waals surface area contributed by atoms with Crippen molar-refractivity contribution < 1.29 is 14.6 Å². The second kappa shape index (κ2) is 6.01. The van der Waals surface area contributed by atoms with Gasteiger partial charge in [-0.15, -0.1) is 5.54 Å². The van der Waals surface area contributed by atoms with Crippen LogP contribution in [0.15, 0.2) is 11.8 Å². The molecule has 0 spiro atoms. The third kappa shape index (κ3) is 6.49. The van der Waals surface area contributed by atoms with E-state index in [1.54, 1.807) is 0 Å². The fourth-order valence-corrected chi connectivity index (χ4v) is 3.13. The number of aliphatic hydroxyl groups is 1. The van der Waals surface area contributed by atoms with Gasteiger partial charge in [-0.3, -0.25) is 0 Å². The Morgan fingerprint density at radius 3 is 2.14 bits per heavy atom. The van der Waals surface area contributed by atoms with Crippen LogP contribution < -0.4 is 0 Å². The fourth-order valence-electron chi connectivity index (χ4n) is 1.80. The molecule has 2 atom stereocenters. The van der Waals surface area contributed by atoms with Crippen LogP contribution in [0.3, 0.4) is 0 Å². The zero-order chi connectivity index (χ0) is 16.5. The highest BCUT2D eigenvalue weighted by Gasteiger charge is 2.44. The first-order valence-electron chi connectivity index (χ1n) is 7.51. The highest BCUT2D eigenvalue weighted by molar-refractivity contribution is 6.84. The fraction of sp³-hybridized carbons (Fsp3) is 0.750. The van der Waals surface area contributed by atoms with Gasteiger partial charge in [0.2, 0.25) is 0 Å². The topological polar surface area (TPSA) is 38.7 Å². The van der Waals surface area contributed by atoms with E-state index >= 15 is 0 Å². The third-order valence-corrected chi connectivity index (χ3v) is 5.02. The second-order valence-corrected chi connectivity index (χ2v) is 18.2. The minimum Gasteiger partial charge on any atom is -0.371 e. The highest BCUT2D eigenvalue weighted by Crippen LogP contribution is 2.30. The number of ether oxygens (including phenoxy) is 2. The van der Waals surface area contributed by atoms with Gasteiger partial charge in [0.05, 0.1) is 14.7 Å². The quantitative estimate of drug-likeness (QED) is 0.639. The summed E-state index contributed by atoms with van der Waals surface area (Å²) in [4.78, 5) is 0.